The first kappa shape index (κ1) is 23.5. The van der Waals surface area contributed by atoms with Crippen molar-refractivity contribution in [3.63, 3.8) is 0 Å². The quantitative estimate of drug-likeness (QED) is 0.487. The number of halogens is 1. The first-order valence-corrected chi connectivity index (χ1v) is 10.7. The zero-order chi connectivity index (χ0) is 21.4. The van der Waals surface area contributed by atoms with Gasteiger partial charge >= 0.3 is 6.16 Å². The molecule has 0 spiro atoms. The summed E-state index contributed by atoms with van der Waals surface area (Å²) in [5.41, 5.74) is 2.05. The Labute approximate surface area is 178 Å². The van der Waals surface area contributed by atoms with Gasteiger partial charge in [-0.25, -0.2) is 4.79 Å². The predicted molar refractivity (Wildman–Crippen MR) is 112 cm³/mol. The number of ether oxygens (including phenoxy) is 3. The molecule has 0 bridgehead atoms. The normalized spacial score (nSPS) is 21.5. The van der Waals surface area contributed by atoms with Crippen LogP contribution in [-0.2, 0) is 38.3 Å². The number of carbonyl (C=O) groups is 2. The van der Waals surface area contributed by atoms with Gasteiger partial charge in [-0.2, -0.15) is 0 Å². The third-order valence-electron chi connectivity index (χ3n) is 5.48. The van der Waals surface area contributed by atoms with Crippen LogP contribution >= 0.6 is 11.6 Å². The van der Waals surface area contributed by atoms with Crippen LogP contribution in [0, 0.1) is 0 Å². The van der Waals surface area contributed by atoms with E-state index in [1.807, 2.05) is 26.0 Å². The van der Waals surface area contributed by atoms with Crippen LogP contribution in [0.4, 0.5) is 4.79 Å². The second kappa shape index (κ2) is 10.8. The summed E-state index contributed by atoms with van der Waals surface area (Å²) in [6.07, 6.45) is 3.47. The summed E-state index contributed by atoms with van der Waals surface area (Å²) in [5, 5.41) is 3.66. The van der Waals surface area contributed by atoms with Crippen LogP contribution in [0.15, 0.2) is 12.1 Å². The number of benzene rings is 1. The second-order valence-electron chi connectivity index (χ2n) is 7.35. The molecule has 0 heterocycles. The lowest BCUT2D eigenvalue weighted by atomic mass is 9.88. The van der Waals surface area contributed by atoms with E-state index >= 15 is 0 Å². The lowest BCUT2D eigenvalue weighted by Gasteiger charge is -2.39. The Kier molecular flexibility index (Phi) is 8.78. The van der Waals surface area contributed by atoms with Crippen molar-refractivity contribution >= 4 is 23.7 Å². The van der Waals surface area contributed by atoms with E-state index in [1.165, 1.54) is 0 Å². The van der Waals surface area contributed by atoms with E-state index in [9.17, 15) is 9.59 Å². The number of nitrogens with one attached hydrogen (secondary N) is 1. The molecule has 1 aliphatic rings. The maximum absolute atomic E-state index is 13.0. The molecule has 2 rings (SSSR count). The van der Waals surface area contributed by atoms with Crippen LogP contribution in [0.5, 0.6) is 0 Å². The Balaban J connectivity index is 2.19. The molecular formula is C22H32ClNO5. The van der Waals surface area contributed by atoms with E-state index in [4.69, 9.17) is 25.8 Å². The third-order valence-corrected chi connectivity index (χ3v) is 5.70. The summed E-state index contributed by atoms with van der Waals surface area (Å²) in [5.74, 6) is -0.183. The average Bonchev–Trinajstić information content (AvgIpc) is 2.69. The molecule has 162 valence electrons. The van der Waals surface area contributed by atoms with Crippen LogP contribution in [-0.4, -0.2) is 37.6 Å². The molecule has 1 N–H and O–H groups in total. The average molecular weight is 426 g/mol. The van der Waals surface area contributed by atoms with Gasteiger partial charge < -0.3 is 19.5 Å². The van der Waals surface area contributed by atoms with Gasteiger partial charge in [0.25, 0.3) is 0 Å². The van der Waals surface area contributed by atoms with Gasteiger partial charge in [-0.1, -0.05) is 25.4 Å². The molecule has 6 nitrogen and oxygen atoms in total. The highest BCUT2D eigenvalue weighted by Gasteiger charge is 2.41. The molecule has 1 fully saturated rings. The van der Waals surface area contributed by atoms with E-state index in [-0.39, 0.29) is 25.0 Å². The molecular weight excluding hydrogens is 394 g/mol. The van der Waals surface area contributed by atoms with Gasteiger partial charge in [0.15, 0.2) is 5.72 Å². The minimum absolute atomic E-state index is 0.0977. The number of carbonyl (C=O) groups excluding carboxylic acids is 2. The van der Waals surface area contributed by atoms with E-state index in [0.29, 0.717) is 30.7 Å². The number of hydrogen-bond donors (Lipinski definition) is 1. The number of amides is 1. The molecule has 0 saturated heterocycles. The number of aryl methyl sites for hydroxylation is 2. The predicted octanol–water partition coefficient (Wildman–Crippen LogP) is 4.58. The maximum Gasteiger partial charge on any atom is 0.510 e. The molecule has 0 aromatic heterocycles. The Hall–Kier alpha value is -1.79. The summed E-state index contributed by atoms with van der Waals surface area (Å²) in [7, 11) is 1.67. The molecule has 0 radical (unpaired) electrons. The number of rotatable bonds is 8. The number of methoxy groups -OCH3 is 1. The van der Waals surface area contributed by atoms with Gasteiger partial charge in [0.1, 0.15) is 0 Å². The fourth-order valence-corrected chi connectivity index (χ4v) is 4.19. The Morgan fingerprint density at radius 2 is 1.72 bits per heavy atom. The summed E-state index contributed by atoms with van der Waals surface area (Å²) in [6, 6.07) is 3.83. The molecule has 29 heavy (non-hydrogen) atoms. The van der Waals surface area contributed by atoms with Crippen molar-refractivity contribution in [2.45, 2.75) is 77.5 Å². The SMILES string of the molecule is CCOC(=O)OC1(NC(=O)Cc2c(CC)cc(Cl)cc2CC)CCC(OC)CC1. The van der Waals surface area contributed by atoms with Gasteiger partial charge in [0, 0.05) is 25.0 Å². The second-order valence-corrected chi connectivity index (χ2v) is 7.79. The van der Waals surface area contributed by atoms with Crippen molar-refractivity contribution < 1.29 is 23.8 Å². The van der Waals surface area contributed by atoms with Crippen molar-refractivity contribution in [3.8, 4) is 0 Å². The fraction of sp³-hybridized carbons (Fsp3) is 0.636. The molecule has 7 heteroatoms. The van der Waals surface area contributed by atoms with Crippen molar-refractivity contribution in [3.05, 3.63) is 33.8 Å². The zero-order valence-electron chi connectivity index (χ0n) is 17.8. The van der Waals surface area contributed by atoms with Gasteiger partial charge in [-0.3, -0.25) is 4.79 Å². The van der Waals surface area contributed by atoms with Crippen LogP contribution in [0.25, 0.3) is 0 Å². The third kappa shape index (κ3) is 6.34. The largest absolute Gasteiger partial charge is 0.510 e. The molecule has 1 aromatic carbocycles. The van der Waals surface area contributed by atoms with Crippen LogP contribution in [0.2, 0.25) is 5.02 Å². The minimum atomic E-state index is -1.07. The number of hydrogen-bond acceptors (Lipinski definition) is 5. The van der Waals surface area contributed by atoms with Gasteiger partial charge in [-0.15, -0.1) is 0 Å². The lowest BCUT2D eigenvalue weighted by Crippen LogP contribution is -2.55. The topological polar surface area (TPSA) is 73.9 Å². The maximum atomic E-state index is 13.0. The summed E-state index contributed by atoms with van der Waals surface area (Å²) >= 11 is 6.22. The zero-order valence-corrected chi connectivity index (χ0v) is 18.6. The first-order chi connectivity index (χ1) is 13.9. The molecule has 1 aromatic rings. The first-order valence-electron chi connectivity index (χ1n) is 10.4. The van der Waals surface area contributed by atoms with Gasteiger partial charge in [0.2, 0.25) is 5.91 Å². The summed E-state index contributed by atoms with van der Waals surface area (Å²) in [6.45, 7) is 6.02. The van der Waals surface area contributed by atoms with Crippen LogP contribution in [0.1, 0.15) is 63.1 Å². The van der Waals surface area contributed by atoms with E-state index in [0.717, 1.165) is 29.5 Å². The Morgan fingerprint density at radius 3 is 2.21 bits per heavy atom. The van der Waals surface area contributed by atoms with Crippen molar-refractivity contribution in [1.29, 1.82) is 0 Å². The standard InChI is InChI=1S/C22H32ClNO5/c1-5-15-12-17(23)13-16(6-2)19(15)14-20(25)24-22(29-21(26)28-7-3)10-8-18(27-4)9-11-22/h12-13,18H,5-11,14H2,1-4H3,(H,24,25). The molecule has 0 atom stereocenters. The van der Waals surface area contributed by atoms with Crippen molar-refractivity contribution in [1.82, 2.24) is 5.32 Å². The summed E-state index contributed by atoms with van der Waals surface area (Å²) in [4.78, 5) is 25.0. The lowest BCUT2D eigenvalue weighted by molar-refractivity contribution is -0.136. The molecule has 1 amide bonds. The highest BCUT2D eigenvalue weighted by molar-refractivity contribution is 6.30. The summed E-state index contributed by atoms with van der Waals surface area (Å²) < 4.78 is 15.9. The minimum Gasteiger partial charge on any atom is -0.435 e. The Bertz CT molecular complexity index is 688. The molecule has 0 aliphatic heterocycles. The van der Waals surface area contributed by atoms with Crippen LogP contribution in [0.3, 0.4) is 0 Å². The molecule has 1 saturated carbocycles. The highest BCUT2D eigenvalue weighted by Crippen LogP contribution is 2.32. The highest BCUT2D eigenvalue weighted by atomic mass is 35.5. The van der Waals surface area contributed by atoms with Gasteiger partial charge in [0.05, 0.1) is 19.1 Å². The molecule has 0 unspecified atom stereocenters. The van der Waals surface area contributed by atoms with Gasteiger partial charge in [-0.05, 0) is 61.4 Å². The smallest absolute Gasteiger partial charge is 0.435 e. The van der Waals surface area contributed by atoms with E-state index in [2.05, 4.69) is 5.32 Å². The van der Waals surface area contributed by atoms with Crippen molar-refractivity contribution in [2.75, 3.05) is 13.7 Å². The molecule has 1 aliphatic carbocycles. The van der Waals surface area contributed by atoms with Crippen molar-refractivity contribution in [2.24, 2.45) is 0 Å². The Morgan fingerprint density at radius 1 is 1.14 bits per heavy atom. The van der Waals surface area contributed by atoms with E-state index < -0.39 is 11.9 Å². The monoisotopic (exact) mass is 425 g/mol. The van der Waals surface area contributed by atoms with Crippen LogP contribution < -0.4 is 5.32 Å². The fourth-order valence-electron chi connectivity index (χ4n) is 3.92. The van der Waals surface area contributed by atoms with E-state index in [1.54, 1.807) is 14.0 Å².